The van der Waals surface area contributed by atoms with E-state index in [-0.39, 0.29) is 0 Å². The quantitative estimate of drug-likeness (QED) is 0.364. The van der Waals surface area contributed by atoms with Gasteiger partial charge in [0.05, 0.1) is 0 Å². The van der Waals surface area contributed by atoms with Gasteiger partial charge in [0.1, 0.15) is 0 Å². The van der Waals surface area contributed by atoms with Gasteiger partial charge in [-0.15, -0.1) is 0 Å². The van der Waals surface area contributed by atoms with Crippen LogP contribution in [-0.4, -0.2) is 9.97 Å². The fourth-order valence-electron chi connectivity index (χ4n) is 3.78. The highest BCUT2D eigenvalue weighted by molar-refractivity contribution is 6.21. The zero-order valence-corrected chi connectivity index (χ0v) is 14.1. The molecular formula is C24H16N2. The molecule has 0 bridgehead atoms. The normalized spacial score (nSPS) is 11.1. The van der Waals surface area contributed by atoms with Crippen LogP contribution in [0.4, 0.5) is 0 Å². The molecule has 2 heteroatoms. The molecule has 2 nitrogen and oxygen atoms in total. The maximum Gasteiger partial charge on any atom is 0.0273 e. The molecule has 0 spiro atoms. The monoisotopic (exact) mass is 332 g/mol. The van der Waals surface area contributed by atoms with Crippen molar-refractivity contribution in [3.63, 3.8) is 0 Å². The maximum absolute atomic E-state index is 4.21. The zero-order chi connectivity index (χ0) is 17.3. The lowest BCUT2D eigenvalue weighted by Crippen LogP contribution is -1.91. The molecule has 0 radical (unpaired) electrons. The molecule has 26 heavy (non-hydrogen) atoms. The summed E-state index contributed by atoms with van der Waals surface area (Å²) in [6, 6.07) is 25.6. The summed E-state index contributed by atoms with van der Waals surface area (Å²) < 4.78 is 0. The molecule has 0 saturated heterocycles. The summed E-state index contributed by atoms with van der Waals surface area (Å²) in [7, 11) is 0. The number of hydrogen-bond donors (Lipinski definition) is 0. The van der Waals surface area contributed by atoms with Crippen molar-refractivity contribution < 1.29 is 0 Å². The maximum atomic E-state index is 4.21. The predicted molar refractivity (Wildman–Crippen MR) is 108 cm³/mol. The van der Waals surface area contributed by atoms with Crippen LogP contribution in [0.3, 0.4) is 0 Å². The van der Waals surface area contributed by atoms with Crippen LogP contribution in [0.15, 0.2) is 97.6 Å². The van der Waals surface area contributed by atoms with Crippen LogP contribution < -0.4 is 0 Å². The number of rotatable bonds is 2. The van der Waals surface area contributed by atoms with Crippen LogP contribution in [0.2, 0.25) is 0 Å². The Balaban J connectivity index is 2.06. The number of aromatic nitrogens is 2. The predicted octanol–water partition coefficient (Wildman–Crippen LogP) is 6.12. The number of benzene rings is 3. The molecule has 2 heterocycles. The molecule has 0 saturated carbocycles. The Kier molecular flexibility index (Phi) is 3.46. The standard InChI is InChI=1S/C24H16N2/c1-3-7-21-19(5-1)20-6-2-4-8-22(20)24(18-11-15-26-16-12-18)23(21)17-9-13-25-14-10-17/h1-16H. The lowest BCUT2D eigenvalue weighted by Gasteiger charge is -2.18. The molecule has 0 aliphatic heterocycles. The topological polar surface area (TPSA) is 25.8 Å². The summed E-state index contributed by atoms with van der Waals surface area (Å²) >= 11 is 0. The van der Waals surface area contributed by atoms with Gasteiger partial charge in [0.25, 0.3) is 0 Å². The van der Waals surface area contributed by atoms with Crippen molar-refractivity contribution in [3.8, 4) is 22.3 Å². The van der Waals surface area contributed by atoms with Crippen LogP contribution in [0.1, 0.15) is 0 Å². The Morgan fingerprint density at radius 3 is 1.12 bits per heavy atom. The van der Waals surface area contributed by atoms with Crippen molar-refractivity contribution in [2.45, 2.75) is 0 Å². The molecule has 2 aromatic heterocycles. The summed E-state index contributed by atoms with van der Waals surface area (Å²) in [5.74, 6) is 0. The Labute approximate surface area is 151 Å². The summed E-state index contributed by atoms with van der Waals surface area (Å²) in [6.07, 6.45) is 7.43. The molecular weight excluding hydrogens is 316 g/mol. The van der Waals surface area contributed by atoms with Crippen LogP contribution in [0, 0.1) is 0 Å². The van der Waals surface area contributed by atoms with Gasteiger partial charge in [-0.25, -0.2) is 0 Å². The third-order valence-electron chi connectivity index (χ3n) is 4.87. The van der Waals surface area contributed by atoms with Crippen molar-refractivity contribution in [2.24, 2.45) is 0 Å². The van der Waals surface area contributed by atoms with Crippen LogP contribution in [-0.2, 0) is 0 Å². The van der Waals surface area contributed by atoms with Crippen molar-refractivity contribution in [1.82, 2.24) is 9.97 Å². The van der Waals surface area contributed by atoms with E-state index >= 15 is 0 Å². The van der Waals surface area contributed by atoms with Gasteiger partial charge >= 0.3 is 0 Å². The molecule has 0 aliphatic rings. The summed E-state index contributed by atoms with van der Waals surface area (Å²) in [6.45, 7) is 0. The van der Waals surface area contributed by atoms with Crippen LogP contribution >= 0.6 is 0 Å². The Hall–Kier alpha value is -3.52. The van der Waals surface area contributed by atoms with Crippen molar-refractivity contribution in [1.29, 1.82) is 0 Å². The second kappa shape index (κ2) is 6.08. The van der Waals surface area contributed by atoms with Gasteiger partial charge in [-0.3, -0.25) is 9.97 Å². The van der Waals surface area contributed by atoms with E-state index in [9.17, 15) is 0 Å². The SMILES string of the molecule is c1ccc2c(c1)c(-c1ccncc1)c(-c1ccncc1)c1ccccc12. The van der Waals surface area contributed by atoms with Crippen molar-refractivity contribution in [2.75, 3.05) is 0 Å². The van der Waals surface area contributed by atoms with Gasteiger partial charge in [0.15, 0.2) is 0 Å². The van der Waals surface area contributed by atoms with E-state index in [0.29, 0.717) is 0 Å². The first-order chi connectivity index (χ1) is 12.9. The highest BCUT2D eigenvalue weighted by Crippen LogP contribution is 2.43. The van der Waals surface area contributed by atoms with Crippen LogP contribution in [0.25, 0.3) is 43.8 Å². The van der Waals surface area contributed by atoms with E-state index < -0.39 is 0 Å². The van der Waals surface area contributed by atoms with Crippen molar-refractivity contribution in [3.05, 3.63) is 97.6 Å². The van der Waals surface area contributed by atoms with E-state index in [0.717, 1.165) is 0 Å². The van der Waals surface area contributed by atoms with Gasteiger partial charge in [-0.2, -0.15) is 0 Å². The minimum Gasteiger partial charge on any atom is -0.265 e. The molecule has 0 fully saturated rings. The summed E-state index contributed by atoms with van der Waals surface area (Å²) in [4.78, 5) is 8.41. The van der Waals surface area contributed by atoms with Gasteiger partial charge in [0.2, 0.25) is 0 Å². The summed E-state index contributed by atoms with van der Waals surface area (Å²) in [5, 5.41) is 5.05. The molecule has 3 aromatic carbocycles. The first-order valence-corrected chi connectivity index (χ1v) is 8.68. The first-order valence-electron chi connectivity index (χ1n) is 8.68. The molecule has 0 N–H and O–H groups in total. The molecule has 5 aromatic rings. The average molecular weight is 332 g/mol. The fourth-order valence-corrected chi connectivity index (χ4v) is 3.78. The van der Waals surface area contributed by atoms with E-state index in [1.54, 1.807) is 0 Å². The first kappa shape index (κ1) is 14.8. The summed E-state index contributed by atoms with van der Waals surface area (Å²) in [5.41, 5.74) is 4.84. The Morgan fingerprint density at radius 1 is 0.385 bits per heavy atom. The minimum atomic E-state index is 1.17. The third-order valence-corrected chi connectivity index (χ3v) is 4.87. The second-order valence-corrected chi connectivity index (χ2v) is 6.31. The molecule has 5 rings (SSSR count). The Morgan fingerprint density at radius 2 is 0.731 bits per heavy atom. The lowest BCUT2D eigenvalue weighted by molar-refractivity contribution is 1.33. The second-order valence-electron chi connectivity index (χ2n) is 6.31. The molecule has 0 amide bonds. The smallest absolute Gasteiger partial charge is 0.0273 e. The molecule has 0 aliphatic carbocycles. The number of pyridine rings is 2. The largest absolute Gasteiger partial charge is 0.265 e. The fraction of sp³-hybridized carbons (Fsp3) is 0. The van der Waals surface area contributed by atoms with Gasteiger partial charge in [0, 0.05) is 24.8 Å². The van der Waals surface area contributed by atoms with E-state index in [1.807, 2.05) is 24.8 Å². The Bertz CT molecular complexity index is 1110. The number of nitrogens with zero attached hydrogens (tertiary/aromatic N) is 2. The van der Waals surface area contributed by atoms with Gasteiger partial charge in [-0.1, -0.05) is 48.5 Å². The molecule has 122 valence electrons. The highest BCUT2D eigenvalue weighted by Gasteiger charge is 2.16. The highest BCUT2D eigenvalue weighted by atomic mass is 14.6. The number of fused-ring (bicyclic) bond motifs is 3. The minimum absolute atomic E-state index is 1.17. The number of hydrogen-bond acceptors (Lipinski definition) is 2. The van der Waals surface area contributed by atoms with Gasteiger partial charge in [-0.05, 0) is 68.1 Å². The lowest BCUT2D eigenvalue weighted by atomic mass is 9.85. The third kappa shape index (κ3) is 2.27. The molecule has 0 unspecified atom stereocenters. The van der Waals surface area contributed by atoms with Gasteiger partial charge < -0.3 is 0 Å². The van der Waals surface area contributed by atoms with E-state index in [4.69, 9.17) is 0 Å². The average Bonchev–Trinajstić information content (AvgIpc) is 2.74. The van der Waals surface area contributed by atoms with Crippen LogP contribution in [0.5, 0.6) is 0 Å². The van der Waals surface area contributed by atoms with E-state index in [1.165, 1.54) is 43.8 Å². The van der Waals surface area contributed by atoms with E-state index in [2.05, 4.69) is 82.8 Å². The van der Waals surface area contributed by atoms with Crippen molar-refractivity contribution >= 4 is 21.5 Å². The molecule has 0 atom stereocenters. The zero-order valence-electron chi connectivity index (χ0n) is 14.1.